The van der Waals surface area contributed by atoms with Gasteiger partial charge in [0.2, 0.25) is 0 Å². The summed E-state index contributed by atoms with van der Waals surface area (Å²) in [7, 11) is 0. The summed E-state index contributed by atoms with van der Waals surface area (Å²) in [6.07, 6.45) is 1.99. The zero-order valence-electron chi connectivity index (χ0n) is 12.1. The van der Waals surface area contributed by atoms with Crippen LogP contribution in [0.1, 0.15) is 11.1 Å². The second kappa shape index (κ2) is 7.72. The lowest BCUT2D eigenvalue weighted by Gasteiger charge is -2.26. The fourth-order valence-electron chi connectivity index (χ4n) is 2.31. The molecule has 0 amide bonds. The number of benzene rings is 2. The Balaban J connectivity index is 2.37. The van der Waals surface area contributed by atoms with Crippen molar-refractivity contribution < 1.29 is 0 Å². The summed E-state index contributed by atoms with van der Waals surface area (Å²) in [6.45, 7) is 2.03. The predicted octanol–water partition coefficient (Wildman–Crippen LogP) is 3.25. The Morgan fingerprint density at radius 2 is 1.90 bits per heavy atom. The van der Waals surface area contributed by atoms with Gasteiger partial charge in [0.05, 0.1) is 11.3 Å². The lowest BCUT2D eigenvalue weighted by atomic mass is 10.1. The van der Waals surface area contributed by atoms with Crippen molar-refractivity contribution in [3.63, 3.8) is 0 Å². The zero-order valence-corrected chi connectivity index (χ0v) is 12.9. The van der Waals surface area contributed by atoms with Crippen LogP contribution in [0.5, 0.6) is 0 Å². The van der Waals surface area contributed by atoms with E-state index >= 15 is 0 Å². The smallest absolute Gasteiger partial charge is 0.103 e. The molecule has 0 aliphatic rings. The van der Waals surface area contributed by atoms with E-state index in [1.54, 1.807) is 11.8 Å². The number of nitrogens with two attached hydrogens (primary N) is 1. The Hall–Kier alpha value is -1.96. The van der Waals surface area contributed by atoms with Gasteiger partial charge in [-0.25, -0.2) is 0 Å². The number of nitriles is 1. The van der Waals surface area contributed by atoms with E-state index in [9.17, 15) is 5.26 Å². The van der Waals surface area contributed by atoms with E-state index < -0.39 is 0 Å². The number of rotatable bonds is 6. The number of hydrogen-bond acceptors (Lipinski definition) is 4. The van der Waals surface area contributed by atoms with Gasteiger partial charge < -0.3 is 10.6 Å². The highest BCUT2D eigenvalue weighted by Gasteiger charge is 2.14. The predicted molar refractivity (Wildman–Crippen MR) is 89.5 cm³/mol. The molecule has 0 heterocycles. The molecule has 3 nitrogen and oxygen atoms in total. The van der Waals surface area contributed by atoms with Gasteiger partial charge in [0.1, 0.15) is 6.07 Å². The Morgan fingerprint density at radius 1 is 1.14 bits per heavy atom. The van der Waals surface area contributed by atoms with Crippen LogP contribution < -0.4 is 10.6 Å². The molecule has 0 aliphatic heterocycles. The number of hydrogen-bond donors (Lipinski definition) is 1. The van der Waals surface area contributed by atoms with Gasteiger partial charge >= 0.3 is 0 Å². The molecule has 2 aromatic rings. The SMILES string of the molecule is CSc1cccc(N(CCN)Cc2ccccc2)c1C#N. The van der Waals surface area contributed by atoms with E-state index in [2.05, 4.69) is 23.1 Å². The minimum atomic E-state index is 0.557. The van der Waals surface area contributed by atoms with Crippen LogP contribution in [0.4, 0.5) is 5.69 Å². The highest BCUT2D eigenvalue weighted by molar-refractivity contribution is 7.98. The van der Waals surface area contributed by atoms with Crippen LogP contribution >= 0.6 is 11.8 Å². The van der Waals surface area contributed by atoms with Crippen molar-refractivity contribution in [1.29, 1.82) is 5.26 Å². The second-order valence-electron chi connectivity index (χ2n) is 4.66. The van der Waals surface area contributed by atoms with Crippen molar-refractivity contribution in [2.75, 3.05) is 24.2 Å². The van der Waals surface area contributed by atoms with Crippen LogP contribution in [-0.2, 0) is 6.54 Å². The van der Waals surface area contributed by atoms with E-state index in [0.29, 0.717) is 6.54 Å². The molecular weight excluding hydrogens is 278 g/mol. The molecule has 108 valence electrons. The monoisotopic (exact) mass is 297 g/mol. The molecule has 0 unspecified atom stereocenters. The number of thioether (sulfide) groups is 1. The van der Waals surface area contributed by atoms with Crippen molar-refractivity contribution in [3.05, 3.63) is 59.7 Å². The highest BCUT2D eigenvalue weighted by atomic mass is 32.2. The second-order valence-corrected chi connectivity index (χ2v) is 5.51. The lowest BCUT2D eigenvalue weighted by molar-refractivity contribution is 0.787. The number of anilines is 1. The summed E-state index contributed by atoms with van der Waals surface area (Å²) in [6, 6.07) is 18.6. The van der Waals surface area contributed by atoms with Crippen molar-refractivity contribution >= 4 is 17.4 Å². The molecule has 2 rings (SSSR count). The molecule has 0 saturated heterocycles. The van der Waals surface area contributed by atoms with Crippen molar-refractivity contribution in [2.24, 2.45) is 5.73 Å². The Labute approximate surface area is 130 Å². The van der Waals surface area contributed by atoms with Gasteiger partial charge in [0.15, 0.2) is 0 Å². The first-order chi connectivity index (χ1) is 10.3. The topological polar surface area (TPSA) is 53.0 Å². The molecule has 0 radical (unpaired) electrons. The zero-order chi connectivity index (χ0) is 15.1. The Bertz CT molecular complexity index is 620. The average molecular weight is 297 g/mol. The molecule has 21 heavy (non-hydrogen) atoms. The van der Waals surface area contributed by atoms with Gasteiger partial charge in [0.25, 0.3) is 0 Å². The maximum Gasteiger partial charge on any atom is 0.103 e. The van der Waals surface area contributed by atoms with E-state index in [4.69, 9.17) is 5.73 Å². The minimum absolute atomic E-state index is 0.557. The summed E-state index contributed by atoms with van der Waals surface area (Å²) >= 11 is 1.60. The third-order valence-corrected chi connectivity index (χ3v) is 4.07. The van der Waals surface area contributed by atoms with Gasteiger partial charge in [-0.3, -0.25) is 0 Å². The van der Waals surface area contributed by atoms with Crippen LogP contribution in [0.2, 0.25) is 0 Å². The van der Waals surface area contributed by atoms with Gasteiger partial charge in [0, 0.05) is 24.5 Å². The highest BCUT2D eigenvalue weighted by Crippen LogP contribution is 2.29. The molecular formula is C17H19N3S. The molecule has 0 fully saturated rings. The first-order valence-corrected chi connectivity index (χ1v) is 8.08. The summed E-state index contributed by atoms with van der Waals surface area (Å²) in [5, 5.41) is 9.49. The minimum Gasteiger partial charge on any atom is -0.365 e. The van der Waals surface area contributed by atoms with Crippen molar-refractivity contribution in [2.45, 2.75) is 11.4 Å². The normalized spacial score (nSPS) is 10.1. The van der Waals surface area contributed by atoms with Crippen molar-refractivity contribution in [1.82, 2.24) is 0 Å². The quantitative estimate of drug-likeness (QED) is 0.832. The number of nitrogens with zero attached hydrogens (tertiary/aromatic N) is 2. The van der Waals surface area contributed by atoms with Gasteiger partial charge in [-0.15, -0.1) is 11.8 Å². The maximum atomic E-state index is 9.49. The molecule has 0 bridgehead atoms. The summed E-state index contributed by atoms with van der Waals surface area (Å²) in [4.78, 5) is 3.18. The van der Waals surface area contributed by atoms with E-state index in [1.807, 2.05) is 42.7 Å². The van der Waals surface area contributed by atoms with Gasteiger partial charge in [-0.1, -0.05) is 36.4 Å². The summed E-state index contributed by atoms with van der Waals surface area (Å²) in [5.74, 6) is 0. The summed E-state index contributed by atoms with van der Waals surface area (Å²) < 4.78 is 0. The van der Waals surface area contributed by atoms with Crippen LogP contribution in [0.15, 0.2) is 53.4 Å². The first-order valence-electron chi connectivity index (χ1n) is 6.86. The third-order valence-electron chi connectivity index (χ3n) is 3.29. The average Bonchev–Trinajstić information content (AvgIpc) is 2.54. The van der Waals surface area contributed by atoms with Gasteiger partial charge in [-0.05, 0) is 24.0 Å². The molecule has 0 saturated carbocycles. The van der Waals surface area contributed by atoms with Crippen LogP contribution in [-0.4, -0.2) is 19.3 Å². The first kappa shape index (κ1) is 15.4. The molecule has 0 atom stereocenters. The fraction of sp³-hybridized carbons (Fsp3) is 0.235. The van der Waals surface area contributed by atoms with E-state index in [0.717, 1.165) is 29.2 Å². The summed E-state index contributed by atoms with van der Waals surface area (Å²) in [5.41, 5.74) is 8.65. The molecule has 4 heteroatoms. The maximum absolute atomic E-state index is 9.49. The largest absolute Gasteiger partial charge is 0.365 e. The molecule has 0 aliphatic carbocycles. The van der Waals surface area contributed by atoms with Gasteiger partial charge in [-0.2, -0.15) is 5.26 Å². The molecule has 0 aromatic heterocycles. The fourth-order valence-corrected chi connectivity index (χ4v) is 2.88. The van der Waals surface area contributed by atoms with Crippen LogP contribution in [0.3, 0.4) is 0 Å². The van der Waals surface area contributed by atoms with Crippen molar-refractivity contribution in [3.8, 4) is 6.07 Å². The lowest BCUT2D eigenvalue weighted by Crippen LogP contribution is -2.29. The van der Waals surface area contributed by atoms with Crippen LogP contribution in [0.25, 0.3) is 0 Å². The molecule has 2 aromatic carbocycles. The van der Waals surface area contributed by atoms with Crippen LogP contribution in [0, 0.1) is 11.3 Å². The molecule has 0 spiro atoms. The third kappa shape index (κ3) is 3.78. The Morgan fingerprint density at radius 3 is 2.52 bits per heavy atom. The molecule has 2 N–H and O–H groups in total. The standard InChI is InChI=1S/C17H19N3S/c1-21-17-9-5-8-16(15(17)12-19)20(11-10-18)13-14-6-3-2-4-7-14/h2-9H,10-11,13,18H2,1H3. The van der Waals surface area contributed by atoms with E-state index in [-0.39, 0.29) is 0 Å². The van der Waals surface area contributed by atoms with E-state index in [1.165, 1.54) is 5.56 Å². The Kier molecular flexibility index (Phi) is 5.68.